The van der Waals surface area contributed by atoms with Crippen LogP contribution in [0, 0.1) is 0 Å². The molecule has 1 aliphatic rings. The summed E-state index contributed by atoms with van der Waals surface area (Å²) in [6.07, 6.45) is 2.82. The average Bonchev–Trinajstić information content (AvgIpc) is 2.73. The van der Waals surface area contributed by atoms with E-state index in [1.807, 2.05) is 24.3 Å². The topological polar surface area (TPSA) is 72.9 Å². The van der Waals surface area contributed by atoms with E-state index in [0.29, 0.717) is 24.4 Å². The Kier molecular flexibility index (Phi) is 7.09. The number of benzene rings is 2. The fraction of sp³-hybridized carbons (Fsp3) is 0.350. The second kappa shape index (κ2) is 9.54. The van der Waals surface area contributed by atoms with Gasteiger partial charge in [-0.25, -0.2) is 13.2 Å². The lowest BCUT2D eigenvalue weighted by molar-refractivity contribution is 0.0450. The first-order chi connectivity index (χ1) is 13.5. The molecule has 0 atom stereocenters. The molecule has 2 aromatic rings. The van der Waals surface area contributed by atoms with E-state index in [4.69, 9.17) is 9.47 Å². The number of esters is 1. The van der Waals surface area contributed by atoms with E-state index in [0.717, 1.165) is 23.7 Å². The predicted octanol–water partition coefficient (Wildman–Crippen LogP) is 3.86. The first kappa shape index (κ1) is 20.8. The molecule has 6 nitrogen and oxygen atoms in total. The number of rotatable bonds is 7. The van der Waals surface area contributed by atoms with E-state index < -0.39 is 16.0 Å². The quantitative estimate of drug-likeness (QED) is 0.456. The zero-order valence-corrected chi connectivity index (χ0v) is 17.7. The zero-order valence-electron chi connectivity index (χ0n) is 15.3. The highest BCUT2D eigenvalue weighted by Gasteiger charge is 2.26. The van der Waals surface area contributed by atoms with Crippen LogP contribution in [0.3, 0.4) is 0 Å². The summed E-state index contributed by atoms with van der Waals surface area (Å²) in [5, 5.41) is 0. The number of nitrogens with zero attached hydrogens (tertiary/aromatic N) is 1. The first-order valence-corrected chi connectivity index (χ1v) is 11.4. The Morgan fingerprint density at radius 2 is 1.57 bits per heavy atom. The lowest BCUT2D eigenvalue weighted by atomic mass is 10.2. The number of hydrogen-bond acceptors (Lipinski definition) is 5. The third kappa shape index (κ3) is 5.33. The molecule has 0 bridgehead atoms. The van der Waals surface area contributed by atoms with Crippen LogP contribution < -0.4 is 4.74 Å². The Balaban J connectivity index is 1.51. The van der Waals surface area contributed by atoms with Crippen LogP contribution >= 0.6 is 15.9 Å². The van der Waals surface area contributed by atoms with Crippen molar-refractivity contribution >= 4 is 31.9 Å². The number of sulfonamides is 1. The van der Waals surface area contributed by atoms with Crippen molar-refractivity contribution in [3.05, 3.63) is 58.6 Å². The van der Waals surface area contributed by atoms with Crippen LogP contribution in [0.5, 0.6) is 5.75 Å². The van der Waals surface area contributed by atoms with Gasteiger partial charge in [-0.2, -0.15) is 4.31 Å². The van der Waals surface area contributed by atoms with E-state index in [1.54, 1.807) is 0 Å². The molecule has 150 valence electrons. The summed E-state index contributed by atoms with van der Waals surface area (Å²) in [6.45, 7) is 1.42. The van der Waals surface area contributed by atoms with Crippen LogP contribution in [0.4, 0.5) is 0 Å². The zero-order chi connectivity index (χ0) is 20.0. The molecule has 1 aliphatic heterocycles. The molecule has 0 N–H and O–H groups in total. The second-order valence-corrected chi connectivity index (χ2v) is 9.28. The molecule has 1 heterocycles. The molecule has 1 saturated heterocycles. The maximum Gasteiger partial charge on any atom is 0.338 e. The molecule has 1 fully saturated rings. The summed E-state index contributed by atoms with van der Waals surface area (Å²) in [6, 6.07) is 13.2. The van der Waals surface area contributed by atoms with E-state index in [2.05, 4.69) is 15.9 Å². The largest absolute Gasteiger partial charge is 0.490 e. The number of hydrogen-bond donors (Lipinski definition) is 0. The summed E-state index contributed by atoms with van der Waals surface area (Å²) >= 11 is 3.35. The van der Waals surface area contributed by atoms with Gasteiger partial charge < -0.3 is 9.47 Å². The Morgan fingerprint density at radius 3 is 2.21 bits per heavy atom. The molecule has 0 radical (unpaired) electrons. The highest BCUT2D eigenvalue weighted by Crippen LogP contribution is 2.21. The minimum absolute atomic E-state index is 0.0999. The van der Waals surface area contributed by atoms with E-state index >= 15 is 0 Å². The van der Waals surface area contributed by atoms with Gasteiger partial charge in [0.25, 0.3) is 0 Å². The van der Waals surface area contributed by atoms with Crippen LogP contribution in [0.15, 0.2) is 57.9 Å². The molecule has 28 heavy (non-hydrogen) atoms. The predicted molar refractivity (Wildman–Crippen MR) is 109 cm³/mol. The summed E-state index contributed by atoms with van der Waals surface area (Å²) in [4.78, 5) is 12.3. The van der Waals surface area contributed by atoms with E-state index in [-0.39, 0.29) is 18.1 Å². The Labute approximate surface area is 173 Å². The minimum Gasteiger partial charge on any atom is -0.490 e. The van der Waals surface area contributed by atoms with Crippen LogP contribution in [-0.4, -0.2) is 45.0 Å². The van der Waals surface area contributed by atoms with Crippen molar-refractivity contribution in [2.75, 3.05) is 26.3 Å². The van der Waals surface area contributed by atoms with Gasteiger partial charge in [0.05, 0.1) is 10.5 Å². The number of carbonyl (C=O) groups is 1. The Hall–Kier alpha value is -1.90. The third-order valence-electron chi connectivity index (χ3n) is 4.44. The summed E-state index contributed by atoms with van der Waals surface area (Å²) in [5.74, 6) is 0.174. The minimum atomic E-state index is -3.50. The van der Waals surface area contributed by atoms with Gasteiger partial charge in [0, 0.05) is 17.6 Å². The highest BCUT2D eigenvalue weighted by atomic mass is 79.9. The smallest absolute Gasteiger partial charge is 0.338 e. The van der Waals surface area contributed by atoms with Crippen LogP contribution in [0.2, 0.25) is 0 Å². The molecule has 3 rings (SSSR count). The van der Waals surface area contributed by atoms with Crippen molar-refractivity contribution in [2.24, 2.45) is 0 Å². The molecule has 0 amide bonds. The summed E-state index contributed by atoms with van der Waals surface area (Å²) < 4.78 is 38.4. The molecular weight excluding hydrogens is 446 g/mol. The standard InChI is InChI=1S/C20H22BrNO5S/c21-17-6-8-18(9-7-17)26-14-15-27-20(23)16-4-10-19(11-5-16)28(24,25)22-12-2-1-3-13-22/h4-11H,1-3,12-15H2. The molecule has 0 unspecified atom stereocenters. The fourth-order valence-electron chi connectivity index (χ4n) is 2.93. The summed E-state index contributed by atoms with van der Waals surface area (Å²) in [5.41, 5.74) is 0.307. The molecule has 2 aromatic carbocycles. The average molecular weight is 468 g/mol. The maximum absolute atomic E-state index is 12.6. The molecule has 8 heteroatoms. The number of halogens is 1. The normalized spacial score (nSPS) is 15.2. The monoisotopic (exact) mass is 467 g/mol. The van der Waals surface area contributed by atoms with Crippen LogP contribution in [-0.2, 0) is 14.8 Å². The van der Waals surface area contributed by atoms with Crippen LogP contribution in [0.1, 0.15) is 29.6 Å². The van der Waals surface area contributed by atoms with Crippen molar-refractivity contribution in [3.63, 3.8) is 0 Å². The second-order valence-electron chi connectivity index (χ2n) is 6.43. The lowest BCUT2D eigenvalue weighted by Gasteiger charge is -2.25. The first-order valence-electron chi connectivity index (χ1n) is 9.12. The van der Waals surface area contributed by atoms with Gasteiger partial charge in [-0.1, -0.05) is 22.4 Å². The van der Waals surface area contributed by atoms with Crippen LogP contribution in [0.25, 0.3) is 0 Å². The number of piperidine rings is 1. The van der Waals surface area contributed by atoms with Gasteiger partial charge in [0.15, 0.2) is 0 Å². The summed E-state index contributed by atoms with van der Waals surface area (Å²) in [7, 11) is -3.50. The third-order valence-corrected chi connectivity index (χ3v) is 6.88. The van der Waals surface area contributed by atoms with E-state index in [1.165, 1.54) is 28.6 Å². The van der Waals surface area contributed by atoms with Gasteiger partial charge in [-0.3, -0.25) is 0 Å². The highest BCUT2D eigenvalue weighted by molar-refractivity contribution is 9.10. The molecule has 0 saturated carbocycles. The Morgan fingerprint density at radius 1 is 0.929 bits per heavy atom. The van der Waals surface area contributed by atoms with Crippen molar-refractivity contribution in [3.8, 4) is 5.75 Å². The molecular formula is C20H22BrNO5S. The van der Waals surface area contributed by atoms with Crippen molar-refractivity contribution in [2.45, 2.75) is 24.2 Å². The molecule has 0 spiro atoms. The van der Waals surface area contributed by atoms with Crippen molar-refractivity contribution in [1.82, 2.24) is 4.31 Å². The maximum atomic E-state index is 12.6. The fourth-order valence-corrected chi connectivity index (χ4v) is 4.71. The number of ether oxygens (including phenoxy) is 2. The lowest BCUT2D eigenvalue weighted by Crippen LogP contribution is -2.35. The van der Waals surface area contributed by atoms with Crippen molar-refractivity contribution < 1.29 is 22.7 Å². The van der Waals surface area contributed by atoms with E-state index in [9.17, 15) is 13.2 Å². The molecule has 0 aliphatic carbocycles. The van der Waals surface area contributed by atoms with Gasteiger partial charge in [-0.15, -0.1) is 0 Å². The molecule has 0 aromatic heterocycles. The van der Waals surface area contributed by atoms with Gasteiger partial charge in [-0.05, 0) is 61.4 Å². The van der Waals surface area contributed by atoms with Gasteiger partial charge in [0.1, 0.15) is 19.0 Å². The Bertz CT molecular complexity index is 891. The van der Waals surface area contributed by atoms with Crippen molar-refractivity contribution in [1.29, 1.82) is 0 Å². The number of carbonyl (C=O) groups excluding carboxylic acids is 1. The van der Waals surface area contributed by atoms with Gasteiger partial charge >= 0.3 is 5.97 Å². The SMILES string of the molecule is O=C(OCCOc1ccc(Br)cc1)c1ccc(S(=O)(=O)N2CCCCC2)cc1. The van der Waals surface area contributed by atoms with Gasteiger partial charge in [0.2, 0.25) is 10.0 Å².